The van der Waals surface area contributed by atoms with Crippen LogP contribution in [0.3, 0.4) is 0 Å². The zero-order valence-corrected chi connectivity index (χ0v) is 13.7. The van der Waals surface area contributed by atoms with Crippen molar-refractivity contribution in [1.82, 2.24) is 10.6 Å². The van der Waals surface area contributed by atoms with Crippen molar-refractivity contribution in [2.45, 2.75) is 39.0 Å². The molecule has 1 aromatic carbocycles. The third kappa shape index (κ3) is 3.76. The van der Waals surface area contributed by atoms with E-state index >= 15 is 0 Å². The van der Waals surface area contributed by atoms with Crippen LogP contribution in [0.1, 0.15) is 25.0 Å². The second kappa shape index (κ2) is 7.19. The number of carbonyl (C=O) groups is 1. The summed E-state index contributed by atoms with van der Waals surface area (Å²) < 4.78 is 17.0. The van der Waals surface area contributed by atoms with Crippen LogP contribution in [0.15, 0.2) is 12.1 Å². The lowest BCUT2D eigenvalue weighted by Gasteiger charge is -2.23. The van der Waals surface area contributed by atoms with Gasteiger partial charge in [-0.05, 0) is 26.0 Å². The van der Waals surface area contributed by atoms with Gasteiger partial charge in [0.25, 0.3) is 5.91 Å². The molecular formula is C17H24N2O4. The molecule has 2 unspecified atom stereocenters. The molecule has 0 aromatic heterocycles. The maximum atomic E-state index is 12.2. The minimum Gasteiger partial charge on any atom is -0.494 e. The minimum absolute atomic E-state index is 0.102. The molecule has 6 nitrogen and oxygen atoms in total. The van der Waals surface area contributed by atoms with Crippen LogP contribution < -0.4 is 20.1 Å². The normalized spacial score (nSPS) is 23.0. The van der Waals surface area contributed by atoms with E-state index in [2.05, 4.69) is 17.6 Å². The summed E-state index contributed by atoms with van der Waals surface area (Å²) in [6, 6.07) is 4.01. The number of hydrogen-bond acceptors (Lipinski definition) is 5. The highest BCUT2D eigenvalue weighted by atomic mass is 16.5. The molecule has 0 bridgehead atoms. The molecule has 2 N–H and O–H groups in total. The molecule has 2 aliphatic rings. The van der Waals surface area contributed by atoms with E-state index in [0.717, 1.165) is 35.6 Å². The average Bonchev–Trinajstić information content (AvgIpc) is 2.92. The van der Waals surface area contributed by atoms with Gasteiger partial charge in [0.1, 0.15) is 23.7 Å². The monoisotopic (exact) mass is 320 g/mol. The van der Waals surface area contributed by atoms with E-state index in [1.807, 2.05) is 19.1 Å². The van der Waals surface area contributed by atoms with Gasteiger partial charge >= 0.3 is 0 Å². The topological polar surface area (TPSA) is 68.8 Å². The van der Waals surface area contributed by atoms with Crippen molar-refractivity contribution in [2.75, 3.05) is 26.3 Å². The van der Waals surface area contributed by atoms with Crippen LogP contribution in [0.5, 0.6) is 11.5 Å². The predicted octanol–water partition coefficient (Wildman–Crippen LogP) is 1.01. The molecule has 0 saturated carbocycles. The lowest BCUT2D eigenvalue weighted by molar-refractivity contribution is -0.134. The Labute approximate surface area is 136 Å². The standard InChI is InChI=1S/C17H24N2O4/c1-3-21-14-7-12-6-11(2)23-15(12)8-13(14)9-19-17(20)16-10-18-4-5-22-16/h7-8,11,16,18H,3-6,9-10H2,1-2H3,(H,19,20). The Balaban J connectivity index is 1.68. The Hall–Kier alpha value is -1.79. The first-order valence-corrected chi connectivity index (χ1v) is 8.22. The van der Waals surface area contributed by atoms with Gasteiger partial charge in [0.2, 0.25) is 0 Å². The van der Waals surface area contributed by atoms with Crippen molar-refractivity contribution in [3.8, 4) is 11.5 Å². The summed E-state index contributed by atoms with van der Waals surface area (Å²) >= 11 is 0. The number of benzene rings is 1. The molecule has 0 spiro atoms. The van der Waals surface area contributed by atoms with Crippen molar-refractivity contribution < 1.29 is 19.0 Å². The van der Waals surface area contributed by atoms with E-state index < -0.39 is 6.10 Å². The molecule has 1 aromatic rings. The Bertz CT molecular complexity index is 570. The highest BCUT2D eigenvalue weighted by Crippen LogP contribution is 2.35. The zero-order chi connectivity index (χ0) is 16.2. The Morgan fingerprint density at radius 3 is 3.09 bits per heavy atom. The van der Waals surface area contributed by atoms with E-state index in [9.17, 15) is 4.79 Å². The maximum absolute atomic E-state index is 12.2. The molecule has 2 aliphatic heterocycles. The van der Waals surface area contributed by atoms with Gasteiger partial charge in [-0.15, -0.1) is 0 Å². The number of rotatable bonds is 5. The first-order valence-electron chi connectivity index (χ1n) is 8.22. The van der Waals surface area contributed by atoms with Crippen LogP contribution in [0.2, 0.25) is 0 Å². The molecule has 0 aliphatic carbocycles. The summed E-state index contributed by atoms with van der Waals surface area (Å²) in [6.07, 6.45) is 0.653. The highest BCUT2D eigenvalue weighted by Gasteiger charge is 2.24. The largest absolute Gasteiger partial charge is 0.494 e. The third-order valence-electron chi connectivity index (χ3n) is 4.05. The minimum atomic E-state index is -0.426. The maximum Gasteiger partial charge on any atom is 0.250 e. The first-order chi connectivity index (χ1) is 11.2. The van der Waals surface area contributed by atoms with Gasteiger partial charge in [-0.25, -0.2) is 0 Å². The Morgan fingerprint density at radius 1 is 1.48 bits per heavy atom. The van der Waals surface area contributed by atoms with Gasteiger partial charge < -0.3 is 24.8 Å². The van der Waals surface area contributed by atoms with Gasteiger partial charge in [-0.2, -0.15) is 0 Å². The molecule has 1 amide bonds. The van der Waals surface area contributed by atoms with Crippen molar-refractivity contribution in [2.24, 2.45) is 0 Å². The van der Waals surface area contributed by atoms with E-state index in [4.69, 9.17) is 14.2 Å². The molecule has 3 rings (SSSR count). The zero-order valence-electron chi connectivity index (χ0n) is 13.7. The molecule has 6 heteroatoms. The van der Waals surface area contributed by atoms with Crippen LogP contribution in [0, 0.1) is 0 Å². The van der Waals surface area contributed by atoms with Crippen molar-refractivity contribution >= 4 is 5.91 Å². The van der Waals surface area contributed by atoms with Crippen molar-refractivity contribution in [3.05, 3.63) is 23.3 Å². The summed E-state index contributed by atoms with van der Waals surface area (Å²) in [4.78, 5) is 12.2. The number of hydrogen-bond donors (Lipinski definition) is 2. The number of fused-ring (bicyclic) bond motifs is 1. The summed E-state index contributed by atoms with van der Waals surface area (Å²) in [5.74, 6) is 1.60. The van der Waals surface area contributed by atoms with Crippen LogP contribution >= 0.6 is 0 Å². The Morgan fingerprint density at radius 2 is 2.35 bits per heavy atom. The molecule has 2 atom stereocenters. The first kappa shape index (κ1) is 16.1. The van der Waals surface area contributed by atoms with Crippen molar-refractivity contribution in [3.63, 3.8) is 0 Å². The molecule has 2 heterocycles. The number of ether oxygens (including phenoxy) is 3. The number of nitrogens with one attached hydrogen (secondary N) is 2. The second-order valence-corrected chi connectivity index (χ2v) is 5.91. The molecule has 23 heavy (non-hydrogen) atoms. The second-order valence-electron chi connectivity index (χ2n) is 5.91. The van der Waals surface area contributed by atoms with Crippen LogP contribution in [-0.2, 0) is 22.5 Å². The fourth-order valence-corrected chi connectivity index (χ4v) is 2.94. The van der Waals surface area contributed by atoms with E-state index in [1.54, 1.807) is 0 Å². The SMILES string of the molecule is CCOc1cc2c(cc1CNC(=O)C1CNCCO1)OC(C)C2. The van der Waals surface area contributed by atoms with Crippen LogP contribution in [-0.4, -0.2) is 44.4 Å². The number of amides is 1. The van der Waals surface area contributed by atoms with Crippen molar-refractivity contribution in [1.29, 1.82) is 0 Å². The van der Waals surface area contributed by atoms with Gasteiger partial charge in [0.15, 0.2) is 0 Å². The van der Waals surface area contributed by atoms with Crippen LogP contribution in [0.25, 0.3) is 0 Å². The summed E-state index contributed by atoms with van der Waals surface area (Å²) in [6.45, 7) is 6.90. The van der Waals surface area contributed by atoms with E-state index in [1.165, 1.54) is 0 Å². The van der Waals surface area contributed by atoms with E-state index in [0.29, 0.717) is 26.3 Å². The molecule has 1 saturated heterocycles. The lowest BCUT2D eigenvalue weighted by Crippen LogP contribution is -2.47. The average molecular weight is 320 g/mol. The molecule has 1 fully saturated rings. The molecule has 126 valence electrons. The fourth-order valence-electron chi connectivity index (χ4n) is 2.94. The summed E-state index contributed by atoms with van der Waals surface area (Å²) in [5, 5.41) is 6.08. The van der Waals surface area contributed by atoms with Crippen LogP contribution in [0.4, 0.5) is 0 Å². The summed E-state index contributed by atoms with van der Waals surface area (Å²) in [7, 11) is 0. The quantitative estimate of drug-likeness (QED) is 0.847. The third-order valence-corrected chi connectivity index (χ3v) is 4.05. The Kier molecular flexibility index (Phi) is 5.03. The lowest BCUT2D eigenvalue weighted by atomic mass is 10.1. The van der Waals surface area contributed by atoms with Gasteiger partial charge in [-0.3, -0.25) is 4.79 Å². The number of carbonyl (C=O) groups excluding carboxylic acids is 1. The highest BCUT2D eigenvalue weighted by molar-refractivity contribution is 5.81. The van der Waals surface area contributed by atoms with Gasteiger partial charge in [0, 0.05) is 37.2 Å². The smallest absolute Gasteiger partial charge is 0.250 e. The fraction of sp³-hybridized carbons (Fsp3) is 0.588. The van der Waals surface area contributed by atoms with Gasteiger partial charge in [-0.1, -0.05) is 0 Å². The predicted molar refractivity (Wildman–Crippen MR) is 85.9 cm³/mol. The van der Waals surface area contributed by atoms with E-state index in [-0.39, 0.29) is 12.0 Å². The number of morpholine rings is 1. The van der Waals surface area contributed by atoms with Gasteiger partial charge in [0.05, 0.1) is 13.2 Å². The molecule has 0 radical (unpaired) electrons. The molecular weight excluding hydrogens is 296 g/mol. The summed E-state index contributed by atoms with van der Waals surface area (Å²) in [5.41, 5.74) is 2.09.